The molecule has 2 amide bonds. The molecule has 2 aromatic rings. The van der Waals surface area contributed by atoms with Crippen LogP contribution < -0.4 is 10.7 Å². The number of anilines is 1. The molecule has 0 saturated heterocycles. The van der Waals surface area contributed by atoms with Gasteiger partial charge in [0.2, 0.25) is 0 Å². The van der Waals surface area contributed by atoms with E-state index >= 15 is 0 Å². The Kier molecular flexibility index (Phi) is 5.73. The zero-order valence-corrected chi connectivity index (χ0v) is 13.7. The molecule has 0 saturated carbocycles. The molecule has 0 aromatic heterocycles. The topological polar surface area (TPSA) is 70.6 Å². The second-order valence-corrected chi connectivity index (χ2v) is 5.42. The van der Waals surface area contributed by atoms with Gasteiger partial charge in [-0.15, -0.1) is 0 Å². The van der Waals surface area contributed by atoms with Crippen molar-refractivity contribution in [1.29, 1.82) is 0 Å². The van der Waals surface area contributed by atoms with Crippen LogP contribution in [0, 0.1) is 6.92 Å². The van der Waals surface area contributed by atoms with Gasteiger partial charge in [-0.1, -0.05) is 47.5 Å². The molecule has 118 valence electrons. The number of carbonyl (C=O) groups excluding carboxylic acids is 2. The fraction of sp³-hybridized carbons (Fsp3) is 0.0625. The number of hydrogen-bond acceptors (Lipinski definition) is 3. The lowest BCUT2D eigenvalue weighted by Gasteiger charge is -2.06. The maximum absolute atomic E-state index is 11.8. The molecule has 0 aliphatic carbocycles. The van der Waals surface area contributed by atoms with Crippen molar-refractivity contribution in [3.8, 4) is 0 Å². The normalized spacial score (nSPS) is 10.6. The molecule has 0 unspecified atom stereocenters. The number of hydrogen-bond donors (Lipinski definition) is 2. The van der Waals surface area contributed by atoms with E-state index in [0.717, 1.165) is 5.56 Å². The lowest BCUT2D eigenvalue weighted by atomic mass is 10.2. The lowest BCUT2D eigenvalue weighted by molar-refractivity contribution is -0.136. The lowest BCUT2D eigenvalue weighted by Crippen LogP contribution is -2.32. The zero-order valence-electron chi connectivity index (χ0n) is 12.1. The molecular formula is C16H13Cl2N3O2. The van der Waals surface area contributed by atoms with E-state index in [0.29, 0.717) is 21.3 Å². The van der Waals surface area contributed by atoms with E-state index in [4.69, 9.17) is 23.2 Å². The first-order valence-electron chi connectivity index (χ1n) is 6.63. The van der Waals surface area contributed by atoms with Gasteiger partial charge >= 0.3 is 11.8 Å². The van der Waals surface area contributed by atoms with Gasteiger partial charge in [0.15, 0.2) is 0 Å². The van der Waals surface area contributed by atoms with Crippen molar-refractivity contribution in [2.75, 3.05) is 5.32 Å². The van der Waals surface area contributed by atoms with Gasteiger partial charge in [-0.2, -0.15) is 5.10 Å². The maximum Gasteiger partial charge on any atom is 0.329 e. The summed E-state index contributed by atoms with van der Waals surface area (Å²) in [5, 5.41) is 6.98. The van der Waals surface area contributed by atoms with E-state index < -0.39 is 11.8 Å². The molecule has 0 atom stereocenters. The summed E-state index contributed by atoms with van der Waals surface area (Å²) in [4.78, 5) is 23.5. The Morgan fingerprint density at radius 1 is 1.00 bits per heavy atom. The number of benzene rings is 2. The highest BCUT2D eigenvalue weighted by Gasteiger charge is 2.13. The molecule has 7 heteroatoms. The predicted octanol–water partition coefficient (Wildman–Crippen LogP) is 3.39. The van der Waals surface area contributed by atoms with Crippen molar-refractivity contribution in [2.45, 2.75) is 6.92 Å². The van der Waals surface area contributed by atoms with Crippen LogP contribution in [0.15, 0.2) is 47.6 Å². The number of nitrogens with zero attached hydrogens (tertiary/aromatic N) is 1. The highest BCUT2D eigenvalue weighted by Crippen LogP contribution is 2.22. The molecule has 5 nitrogen and oxygen atoms in total. The molecule has 0 radical (unpaired) electrons. The summed E-state index contributed by atoms with van der Waals surface area (Å²) in [5.74, 6) is -1.71. The van der Waals surface area contributed by atoms with E-state index in [1.807, 2.05) is 19.1 Å². The molecule has 23 heavy (non-hydrogen) atoms. The van der Waals surface area contributed by atoms with Gasteiger partial charge < -0.3 is 5.32 Å². The number of carbonyl (C=O) groups is 2. The van der Waals surface area contributed by atoms with Crippen LogP contribution in [-0.2, 0) is 9.59 Å². The van der Waals surface area contributed by atoms with Crippen LogP contribution in [0.3, 0.4) is 0 Å². The first kappa shape index (κ1) is 17.0. The van der Waals surface area contributed by atoms with Crippen molar-refractivity contribution in [2.24, 2.45) is 5.10 Å². The first-order valence-corrected chi connectivity index (χ1v) is 7.38. The highest BCUT2D eigenvalue weighted by atomic mass is 35.5. The molecule has 2 aromatic carbocycles. The van der Waals surface area contributed by atoms with E-state index in [2.05, 4.69) is 15.8 Å². The van der Waals surface area contributed by atoms with Gasteiger partial charge in [0.25, 0.3) is 0 Å². The van der Waals surface area contributed by atoms with Crippen LogP contribution in [0.2, 0.25) is 10.0 Å². The third-order valence-corrected chi connectivity index (χ3v) is 3.62. The van der Waals surface area contributed by atoms with Crippen molar-refractivity contribution < 1.29 is 9.59 Å². The number of hydrazone groups is 1. The van der Waals surface area contributed by atoms with Crippen LogP contribution >= 0.6 is 23.2 Å². The molecule has 0 aliphatic heterocycles. The molecule has 0 spiro atoms. The molecule has 0 bridgehead atoms. The second-order valence-electron chi connectivity index (χ2n) is 4.60. The summed E-state index contributed by atoms with van der Waals surface area (Å²) < 4.78 is 0. The number of nitrogens with one attached hydrogen (secondary N) is 2. The minimum atomic E-state index is -0.896. The Bertz CT molecular complexity index is 755. The van der Waals surface area contributed by atoms with Crippen LogP contribution in [0.1, 0.15) is 11.1 Å². The maximum atomic E-state index is 11.8. The second kappa shape index (κ2) is 7.76. The highest BCUT2D eigenvalue weighted by molar-refractivity contribution is 6.40. The van der Waals surface area contributed by atoms with Gasteiger partial charge in [0, 0.05) is 11.3 Å². The first-order chi connectivity index (χ1) is 11.0. The van der Waals surface area contributed by atoms with E-state index in [9.17, 15) is 9.59 Å². The van der Waals surface area contributed by atoms with E-state index in [1.165, 1.54) is 6.21 Å². The number of halogens is 2. The van der Waals surface area contributed by atoms with Crippen LogP contribution in [0.5, 0.6) is 0 Å². The van der Waals surface area contributed by atoms with Crippen LogP contribution in [-0.4, -0.2) is 18.0 Å². The Labute approximate surface area is 143 Å². The minimum Gasteiger partial charge on any atom is -0.317 e. The number of rotatable bonds is 3. The molecule has 0 heterocycles. The average molecular weight is 350 g/mol. The Balaban J connectivity index is 1.98. The van der Waals surface area contributed by atoms with Gasteiger partial charge in [-0.3, -0.25) is 9.59 Å². The van der Waals surface area contributed by atoms with E-state index in [-0.39, 0.29) is 0 Å². The van der Waals surface area contributed by atoms with Gasteiger partial charge in [0.1, 0.15) is 0 Å². The summed E-state index contributed by atoms with van der Waals surface area (Å²) in [6, 6.07) is 12.1. The predicted molar refractivity (Wildman–Crippen MR) is 92.0 cm³/mol. The summed E-state index contributed by atoms with van der Waals surface area (Å²) in [7, 11) is 0. The van der Waals surface area contributed by atoms with E-state index in [1.54, 1.807) is 30.3 Å². The molecule has 0 aliphatic rings. The van der Waals surface area contributed by atoms with Crippen molar-refractivity contribution >= 4 is 46.9 Å². The summed E-state index contributed by atoms with van der Waals surface area (Å²) in [6.07, 6.45) is 1.28. The summed E-state index contributed by atoms with van der Waals surface area (Å²) in [5.41, 5.74) is 3.99. The zero-order chi connectivity index (χ0) is 16.8. The Hall–Kier alpha value is -2.37. The fourth-order valence-electron chi connectivity index (χ4n) is 1.73. The average Bonchev–Trinajstić information content (AvgIpc) is 2.52. The third kappa shape index (κ3) is 4.55. The van der Waals surface area contributed by atoms with Crippen molar-refractivity contribution in [1.82, 2.24) is 5.43 Å². The van der Waals surface area contributed by atoms with Gasteiger partial charge in [-0.05, 0) is 30.7 Å². The van der Waals surface area contributed by atoms with Crippen LogP contribution in [0.4, 0.5) is 5.69 Å². The molecule has 2 N–H and O–H groups in total. The smallest absolute Gasteiger partial charge is 0.317 e. The monoisotopic (exact) mass is 349 g/mol. The SMILES string of the molecule is Cc1ccccc1NC(=O)C(=O)N/N=C/c1c(Cl)cccc1Cl. The summed E-state index contributed by atoms with van der Waals surface area (Å²) in [6.45, 7) is 1.82. The largest absolute Gasteiger partial charge is 0.329 e. The van der Waals surface area contributed by atoms with Crippen molar-refractivity contribution in [3.63, 3.8) is 0 Å². The summed E-state index contributed by atoms with van der Waals surface area (Å²) >= 11 is 11.9. The Morgan fingerprint density at radius 3 is 2.30 bits per heavy atom. The Morgan fingerprint density at radius 2 is 1.65 bits per heavy atom. The van der Waals surface area contributed by atoms with Gasteiger partial charge in [0.05, 0.1) is 16.3 Å². The van der Waals surface area contributed by atoms with Crippen molar-refractivity contribution in [3.05, 3.63) is 63.6 Å². The standard InChI is InChI=1S/C16H13Cl2N3O2/c1-10-5-2-3-8-14(10)20-15(22)16(23)21-19-9-11-12(17)6-4-7-13(11)18/h2-9H,1H3,(H,20,22)(H,21,23)/b19-9+. The number of aryl methyl sites for hydroxylation is 1. The van der Waals surface area contributed by atoms with Crippen LogP contribution in [0.25, 0.3) is 0 Å². The quantitative estimate of drug-likeness (QED) is 0.506. The molecule has 0 fully saturated rings. The van der Waals surface area contributed by atoms with Gasteiger partial charge in [-0.25, -0.2) is 5.43 Å². The third-order valence-electron chi connectivity index (χ3n) is 2.96. The molecular weight excluding hydrogens is 337 g/mol. The number of para-hydroxylation sites is 1. The fourth-order valence-corrected chi connectivity index (χ4v) is 2.23. The minimum absolute atomic E-state index is 0.389. The number of amides is 2. The molecule has 2 rings (SSSR count).